The summed E-state index contributed by atoms with van der Waals surface area (Å²) in [5.74, 6) is 17.3. The highest BCUT2D eigenvalue weighted by Gasteiger charge is 2.23. The minimum Gasteiger partial charge on any atom is -0.449 e. The number of hydrogen-bond donors (Lipinski definition) is 14. The van der Waals surface area contributed by atoms with Gasteiger partial charge in [0.2, 0.25) is 29.5 Å². The van der Waals surface area contributed by atoms with Crippen molar-refractivity contribution in [3.05, 3.63) is 241 Å². The first-order chi connectivity index (χ1) is 48.3. The minimum absolute atomic E-state index is 0.0527. The first-order valence-electron chi connectivity index (χ1n) is 32.9. The van der Waals surface area contributed by atoms with E-state index in [0.717, 1.165) is 33.3 Å². The summed E-state index contributed by atoms with van der Waals surface area (Å²) < 4.78 is 0. The summed E-state index contributed by atoms with van der Waals surface area (Å²) in [6.07, 6.45) is -0.446. The predicted octanol–water partition coefficient (Wildman–Crippen LogP) is -0.663. The molecule has 3 unspecified atom stereocenters. The molecular formula is C76H89B3N12O10. The molecule has 17 N–H and O–H groups in total. The lowest BCUT2D eigenvalue weighted by Crippen LogP contribution is -2.43. The predicted molar refractivity (Wildman–Crippen MR) is 397 cm³/mol. The first kappa shape index (κ1) is 78.2. The van der Waals surface area contributed by atoms with Crippen LogP contribution in [0.1, 0.15) is 103 Å². The summed E-state index contributed by atoms with van der Waals surface area (Å²) in [4.78, 5) is 71.7. The molecule has 5 amide bonds. The molecular weight excluding hydrogens is 1270 g/mol. The second-order valence-corrected chi connectivity index (χ2v) is 25.4. The molecule has 0 saturated heterocycles. The number of hydrogen-bond acceptors (Lipinski definition) is 17. The normalized spacial score (nSPS) is 11.7. The molecule has 0 aliphatic rings. The van der Waals surface area contributed by atoms with Gasteiger partial charge in [0.05, 0.1) is 31.0 Å². The fraction of sp³-hybridized carbons (Fsp3) is 0.276. The SMILES string of the molecule is C=C(CC(N)C(=O)NCc1ccc(CN(C)C)c(BO)c1)NCc1ccccc1C#Cc1cc(C#Cc2ccccc2CNC(=O)CC(N)C(=O)NCc2ccc(CN(C)C)c(B(O)O)c2)cc(C#Cc2ccccc2CNC(=O)CC(N)C(=O)NCc2ccc(CN(C)C)c(B(O)O)c2)c1. The zero-order valence-corrected chi connectivity index (χ0v) is 58.0. The van der Waals surface area contributed by atoms with Gasteiger partial charge in [-0.25, -0.2) is 0 Å². The molecule has 101 heavy (non-hydrogen) atoms. The third-order valence-corrected chi connectivity index (χ3v) is 16.1. The number of nitrogens with zero attached hydrogens (tertiary/aromatic N) is 3. The smallest absolute Gasteiger partial charge is 0.449 e. The van der Waals surface area contributed by atoms with Gasteiger partial charge in [-0.2, -0.15) is 0 Å². The molecule has 0 aromatic heterocycles. The Morgan fingerprint density at radius 2 is 0.743 bits per heavy atom. The highest BCUT2D eigenvalue weighted by atomic mass is 16.4. The number of rotatable bonds is 31. The molecule has 0 spiro atoms. The second-order valence-electron chi connectivity index (χ2n) is 25.4. The van der Waals surface area contributed by atoms with E-state index in [0.29, 0.717) is 98.4 Å². The Bertz CT molecular complexity index is 4100. The lowest BCUT2D eigenvalue weighted by atomic mass is 9.76. The number of carbonyl (C=O) groups is 5. The maximum absolute atomic E-state index is 13.3. The largest absolute Gasteiger partial charge is 0.488 e. The Labute approximate surface area is 593 Å². The van der Waals surface area contributed by atoms with Gasteiger partial charge >= 0.3 is 21.7 Å². The van der Waals surface area contributed by atoms with Crippen LogP contribution in [-0.2, 0) is 82.9 Å². The van der Waals surface area contributed by atoms with Crippen molar-refractivity contribution in [1.82, 2.24) is 46.6 Å². The molecule has 0 bridgehead atoms. The van der Waals surface area contributed by atoms with Gasteiger partial charge in [-0.3, -0.25) is 24.0 Å². The molecule has 522 valence electrons. The van der Waals surface area contributed by atoms with Gasteiger partial charge in [-0.1, -0.05) is 151 Å². The van der Waals surface area contributed by atoms with E-state index in [1.807, 2.05) is 166 Å². The molecule has 22 nitrogen and oxygen atoms in total. The summed E-state index contributed by atoms with van der Waals surface area (Å²) in [6.45, 7) is 6.62. The number of amides is 5. The molecule has 7 rings (SSSR count). The van der Waals surface area contributed by atoms with Crippen LogP contribution in [0.3, 0.4) is 0 Å². The van der Waals surface area contributed by atoms with Gasteiger partial charge in [0.15, 0.2) is 0 Å². The van der Waals surface area contributed by atoms with Gasteiger partial charge < -0.3 is 88.9 Å². The van der Waals surface area contributed by atoms with Crippen LogP contribution < -0.4 is 65.5 Å². The zero-order valence-electron chi connectivity index (χ0n) is 58.0. The van der Waals surface area contributed by atoms with Gasteiger partial charge in [0.25, 0.3) is 0 Å². The zero-order chi connectivity index (χ0) is 73.1. The Balaban J connectivity index is 1.05. The van der Waals surface area contributed by atoms with Crippen LogP contribution in [0.25, 0.3) is 0 Å². The van der Waals surface area contributed by atoms with E-state index in [9.17, 15) is 49.1 Å². The molecule has 7 aromatic carbocycles. The summed E-state index contributed by atoms with van der Waals surface area (Å²) in [6, 6.07) is 40.6. The van der Waals surface area contributed by atoms with Gasteiger partial charge in [-0.15, -0.1) is 0 Å². The van der Waals surface area contributed by atoms with Gasteiger partial charge in [0, 0.05) is 104 Å². The standard InChI is InChI=1S/C76H89B3N12O10/c1-50(32-69(80)74(94)86-41-54-23-29-63(47-89(2)3)66(36-54)77-97)83-44-60-17-11-8-14-57(60)26-20-51-33-52(21-27-58-15-9-12-18-61(58)45-84-72(92)39-70(81)75(95)87-42-55-24-30-64(48-90(4)5)67(37-55)78(98)99)35-53(34-51)22-28-59-16-10-13-19-62(59)46-85-73(93)40-71(82)76(96)88-43-56-25-31-65(49-91(6)7)68(38-56)79(100)101/h8-19,23-25,29-31,33-38,69-71,77,83,97-101H,1,32,39-49,80-82H2,2-7H3,(H,84,92)(H,85,93)(H,86,94)(H,87,95)(H,88,96). The van der Waals surface area contributed by atoms with Gasteiger partial charge in [-0.05, 0) is 145 Å². The lowest BCUT2D eigenvalue weighted by Gasteiger charge is -2.17. The molecule has 3 atom stereocenters. The van der Waals surface area contributed by atoms with Crippen molar-refractivity contribution in [3.8, 4) is 35.5 Å². The number of benzene rings is 7. The maximum atomic E-state index is 13.3. The Morgan fingerprint density at radius 1 is 0.416 bits per heavy atom. The molecule has 0 heterocycles. The summed E-state index contributed by atoms with van der Waals surface area (Å²) >= 11 is 0. The van der Waals surface area contributed by atoms with Crippen molar-refractivity contribution in [2.24, 2.45) is 17.2 Å². The van der Waals surface area contributed by atoms with E-state index in [1.165, 1.54) is 0 Å². The van der Waals surface area contributed by atoms with E-state index in [1.54, 1.807) is 36.4 Å². The Morgan fingerprint density at radius 3 is 1.10 bits per heavy atom. The van der Waals surface area contributed by atoms with E-state index in [-0.39, 0.29) is 65.4 Å². The van der Waals surface area contributed by atoms with Crippen molar-refractivity contribution < 1.29 is 49.1 Å². The highest BCUT2D eigenvalue weighted by Crippen LogP contribution is 2.17. The third-order valence-electron chi connectivity index (χ3n) is 16.1. The minimum atomic E-state index is -1.70. The van der Waals surface area contributed by atoms with Crippen molar-refractivity contribution in [2.45, 2.75) is 96.3 Å². The van der Waals surface area contributed by atoms with E-state index in [4.69, 9.17) is 17.2 Å². The summed E-state index contributed by atoms with van der Waals surface area (Å²) in [5, 5.41) is 67.4. The van der Waals surface area contributed by atoms with E-state index < -0.39 is 56.0 Å². The molecule has 0 fully saturated rings. The van der Waals surface area contributed by atoms with Gasteiger partial charge in [0.1, 0.15) is 0 Å². The molecule has 0 aliphatic carbocycles. The van der Waals surface area contributed by atoms with Crippen LogP contribution in [0.4, 0.5) is 0 Å². The number of carbonyl (C=O) groups excluding carboxylic acids is 5. The van der Waals surface area contributed by atoms with E-state index in [2.05, 4.69) is 74.0 Å². The van der Waals surface area contributed by atoms with Crippen molar-refractivity contribution >= 4 is 67.6 Å². The number of nitrogens with two attached hydrogens (primary N) is 3. The maximum Gasteiger partial charge on any atom is 0.488 e. The van der Waals surface area contributed by atoms with E-state index >= 15 is 0 Å². The quantitative estimate of drug-likeness (QED) is 0.0189. The van der Waals surface area contributed by atoms with Crippen molar-refractivity contribution in [1.29, 1.82) is 0 Å². The number of nitrogens with one attached hydrogen (secondary N) is 6. The molecule has 0 saturated carbocycles. The molecule has 0 radical (unpaired) electrons. The van der Waals surface area contributed by atoms with Crippen LogP contribution in [-0.4, -0.2) is 151 Å². The first-order valence-corrected chi connectivity index (χ1v) is 32.9. The van der Waals surface area contributed by atoms with Crippen LogP contribution in [0.15, 0.2) is 158 Å². The molecule has 0 aliphatic heterocycles. The fourth-order valence-corrected chi connectivity index (χ4v) is 10.8. The van der Waals surface area contributed by atoms with Crippen LogP contribution in [0.5, 0.6) is 0 Å². The van der Waals surface area contributed by atoms with Crippen molar-refractivity contribution in [2.75, 3.05) is 42.3 Å². The molecule has 25 heteroatoms. The van der Waals surface area contributed by atoms with Crippen LogP contribution >= 0.6 is 0 Å². The Kier molecular flexibility index (Phi) is 30.2. The second kappa shape index (κ2) is 39.0. The summed E-state index contributed by atoms with van der Waals surface area (Å²) in [5.41, 5.74) is 31.2. The van der Waals surface area contributed by atoms with Crippen molar-refractivity contribution in [3.63, 3.8) is 0 Å². The Hall–Kier alpha value is -10.1. The molecule has 7 aromatic rings. The third kappa shape index (κ3) is 25.5. The lowest BCUT2D eigenvalue weighted by molar-refractivity contribution is -0.127. The monoisotopic (exact) mass is 1360 g/mol. The average molecular weight is 1360 g/mol. The average Bonchev–Trinajstić information content (AvgIpc) is 0.876. The van der Waals surface area contributed by atoms with Crippen LogP contribution in [0.2, 0.25) is 0 Å². The highest BCUT2D eigenvalue weighted by molar-refractivity contribution is 6.59. The fourth-order valence-electron chi connectivity index (χ4n) is 10.8. The van der Waals surface area contributed by atoms with Crippen LogP contribution in [0, 0.1) is 35.5 Å². The topological polar surface area (TPSA) is 346 Å². The summed E-state index contributed by atoms with van der Waals surface area (Å²) in [7, 11) is 7.85.